The first-order chi connectivity index (χ1) is 25.8. The molecule has 0 unspecified atom stereocenters. The van der Waals surface area contributed by atoms with Gasteiger partial charge in [-0.3, -0.25) is 24.6 Å². The number of hydrogen-bond donors (Lipinski definition) is 7. The maximum atomic E-state index is 14.3. The smallest absolute Gasteiger partial charge is 0.289 e. The van der Waals surface area contributed by atoms with Crippen molar-refractivity contribution in [3.63, 3.8) is 0 Å². The molecule has 0 bridgehead atoms. The van der Waals surface area contributed by atoms with Gasteiger partial charge in [0.05, 0.1) is 25.0 Å². The lowest BCUT2D eigenvalue weighted by atomic mass is 9.91. The molecule has 0 radical (unpaired) electrons. The number of nitrogens with zero attached hydrogens (tertiary/aromatic N) is 1. The van der Waals surface area contributed by atoms with Crippen LogP contribution in [-0.4, -0.2) is 106 Å². The number of Topliss-reactive ketones (excluding diaryl/α,β-unsaturated/α-hetero) is 1. The summed E-state index contributed by atoms with van der Waals surface area (Å²) >= 11 is 6.04. The third kappa shape index (κ3) is 14.3. The molecular formula is C37H53ClN8O7S. The molecule has 0 saturated carbocycles. The summed E-state index contributed by atoms with van der Waals surface area (Å²) in [6.07, 6.45) is 3.96. The van der Waals surface area contributed by atoms with Crippen molar-refractivity contribution >= 4 is 51.1 Å². The zero-order chi connectivity index (χ0) is 39.1. The molecule has 17 heteroatoms. The van der Waals surface area contributed by atoms with Gasteiger partial charge < -0.3 is 36.6 Å². The average molecular weight is 789 g/mol. The van der Waals surface area contributed by atoms with Gasteiger partial charge in [0.2, 0.25) is 27.6 Å². The number of piperidine rings is 1. The molecule has 2 aliphatic heterocycles. The van der Waals surface area contributed by atoms with E-state index in [4.69, 9.17) is 27.5 Å². The van der Waals surface area contributed by atoms with E-state index in [-0.39, 0.29) is 57.9 Å². The Morgan fingerprint density at radius 2 is 1.69 bits per heavy atom. The summed E-state index contributed by atoms with van der Waals surface area (Å²) in [5, 5.41) is 19.3. The van der Waals surface area contributed by atoms with E-state index in [1.54, 1.807) is 24.3 Å². The van der Waals surface area contributed by atoms with E-state index in [1.807, 2.05) is 30.3 Å². The molecule has 2 aliphatic rings. The average Bonchev–Trinajstić information content (AvgIpc) is 3.58. The molecule has 0 spiro atoms. The quantitative estimate of drug-likeness (QED) is 0.0440. The van der Waals surface area contributed by atoms with Crippen molar-refractivity contribution in [2.24, 2.45) is 11.7 Å². The normalized spacial score (nSPS) is 18.7. The molecule has 296 valence electrons. The maximum Gasteiger partial charge on any atom is 0.289 e. The van der Waals surface area contributed by atoms with Crippen molar-refractivity contribution in [3.8, 4) is 0 Å². The third-order valence-corrected chi connectivity index (χ3v) is 10.6. The van der Waals surface area contributed by atoms with Crippen LogP contribution in [0.15, 0.2) is 54.6 Å². The number of sulfonamides is 1. The van der Waals surface area contributed by atoms with Crippen LogP contribution >= 0.6 is 11.6 Å². The van der Waals surface area contributed by atoms with Gasteiger partial charge in [-0.2, -0.15) is 0 Å². The number of rotatable bonds is 20. The molecule has 3 amide bonds. The van der Waals surface area contributed by atoms with Crippen LogP contribution in [0.5, 0.6) is 0 Å². The number of benzene rings is 2. The highest BCUT2D eigenvalue weighted by molar-refractivity contribution is 7.88. The number of hydrogen-bond acceptors (Lipinski definition) is 9. The summed E-state index contributed by atoms with van der Waals surface area (Å²) in [6, 6.07) is 13.0. The van der Waals surface area contributed by atoms with Crippen LogP contribution in [-0.2, 0) is 47.0 Å². The van der Waals surface area contributed by atoms with Gasteiger partial charge in [-0.05, 0) is 87.2 Å². The summed E-state index contributed by atoms with van der Waals surface area (Å²) < 4.78 is 33.6. The monoisotopic (exact) mass is 788 g/mol. The minimum Gasteiger partial charge on any atom is -0.372 e. The number of likely N-dealkylation sites (tertiary alicyclic amines) is 1. The maximum absolute atomic E-state index is 14.3. The topological polar surface area (TPSA) is 225 Å². The molecule has 4 rings (SSSR count). The first-order valence-corrected chi connectivity index (χ1v) is 20.6. The van der Waals surface area contributed by atoms with Crippen LogP contribution in [0.1, 0.15) is 56.1 Å². The Hall–Kier alpha value is -4.09. The Morgan fingerprint density at radius 3 is 2.35 bits per heavy atom. The molecule has 8 N–H and O–H groups in total. The van der Waals surface area contributed by atoms with E-state index in [1.165, 1.54) is 4.90 Å². The van der Waals surface area contributed by atoms with Crippen molar-refractivity contribution in [3.05, 3.63) is 70.7 Å². The molecule has 2 heterocycles. The van der Waals surface area contributed by atoms with E-state index < -0.39 is 57.8 Å². The zero-order valence-electron chi connectivity index (χ0n) is 30.7. The predicted molar refractivity (Wildman–Crippen MR) is 206 cm³/mol. The highest BCUT2D eigenvalue weighted by atomic mass is 35.5. The standard InChI is InChI=1S/C37H53ClN8O7S/c1-54(51,52)45-31(14-11-26-15-19-41-20-16-26)36(50)46-23-29(53-24-27-9-12-28(38)13-10-27)22-32(46)34(48)44-30(8-5-18-43-37(39)40)33(47)35(49)42-21-17-25-6-3-2-4-7-25/h2-4,6-7,9-10,12-13,26,29-32,41,45H,5,8,11,14-24H2,1H3,(H,42,49)(H,44,48)(H4,39,40,43)/t29-,30+,31-,32+/m1/s1. The van der Waals surface area contributed by atoms with Crippen LogP contribution < -0.4 is 31.7 Å². The molecule has 15 nitrogen and oxygen atoms in total. The van der Waals surface area contributed by atoms with E-state index in [2.05, 4.69) is 26.0 Å². The van der Waals surface area contributed by atoms with Crippen LogP contribution in [0.4, 0.5) is 0 Å². The van der Waals surface area contributed by atoms with Gasteiger partial charge in [0, 0.05) is 31.1 Å². The minimum atomic E-state index is -3.81. The summed E-state index contributed by atoms with van der Waals surface area (Å²) in [5.74, 6) is -2.91. The van der Waals surface area contributed by atoms with Crippen molar-refractivity contribution < 1.29 is 32.3 Å². The second-order valence-corrected chi connectivity index (χ2v) is 16.1. The number of nitrogens with one attached hydrogen (secondary N) is 6. The molecule has 2 fully saturated rings. The lowest BCUT2D eigenvalue weighted by Gasteiger charge is -2.30. The van der Waals surface area contributed by atoms with Crippen LogP contribution in [0.25, 0.3) is 0 Å². The van der Waals surface area contributed by atoms with E-state index in [9.17, 15) is 27.6 Å². The third-order valence-electron chi connectivity index (χ3n) is 9.61. The van der Waals surface area contributed by atoms with Crippen molar-refractivity contribution in [1.82, 2.24) is 30.9 Å². The fourth-order valence-corrected chi connectivity index (χ4v) is 7.61. The van der Waals surface area contributed by atoms with E-state index in [0.717, 1.165) is 43.3 Å². The predicted octanol–water partition coefficient (Wildman–Crippen LogP) is 1.20. The molecular weight excluding hydrogens is 736 g/mol. The minimum absolute atomic E-state index is 0.000910. The van der Waals surface area contributed by atoms with E-state index in [0.29, 0.717) is 23.8 Å². The number of guanidine groups is 1. The van der Waals surface area contributed by atoms with Crippen molar-refractivity contribution in [2.45, 2.75) is 82.2 Å². The zero-order valence-corrected chi connectivity index (χ0v) is 32.2. The highest BCUT2D eigenvalue weighted by Crippen LogP contribution is 2.26. The molecule has 0 aliphatic carbocycles. The summed E-state index contributed by atoms with van der Waals surface area (Å²) in [5.41, 5.74) is 7.21. The van der Waals surface area contributed by atoms with Gasteiger partial charge in [0.1, 0.15) is 12.1 Å². The summed E-state index contributed by atoms with van der Waals surface area (Å²) in [4.78, 5) is 56.3. The number of carbonyl (C=O) groups is 4. The number of halogens is 1. The Balaban J connectivity index is 1.52. The fourth-order valence-electron chi connectivity index (χ4n) is 6.75. The van der Waals surface area contributed by atoms with Gasteiger partial charge in [0.15, 0.2) is 5.96 Å². The lowest BCUT2D eigenvalue weighted by Crippen LogP contribution is -2.56. The second-order valence-electron chi connectivity index (χ2n) is 13.9. The first-order valence-electron chi connectivity index (χ1n) is 18.4. The largest absolute Gasteiger partial charge is 0.372 e. The van der Waals surface area contributed by atoms with Crippen LogP contribution in [0.2, 0.25) is 5.02 Å². The Bertz CT molecular complexity index is 1680. The fraction of sp³-hybridized carbons (Fsp3) is 0.541. The van der Waals surface area contributed by atoms with Crippen molar-refractivity contribution in [2.75, 3.05) is 39.0 Å². The van der Waals surface area contributed by atoms with E-state index >= 15 is 0 Å². The van der Waals surface area contributed by atoms with Crippen molar-refractivity contribution in [1.29, 1.82) is 5.41 Å². The number of amides is 3. The van der Waals surface area contributed by atoms with Gasteiger partial charge in [-0.15, -0.1) is 0 Å². The number of ether oxygens (including phenoxy) is 1. The second kappa shape index (κ2) is 21.1. The number of ketones is 1. The lowest BCUT2D eigenvalue weighted by molar-refractivity contribution is -0.142. The molecule has 54 heavy (non-hydrogen) atoms. The SMILES string of the molecule is CS(=O)(=O)N[C@H](CCC1CCNCC1)C(=O)N1C[C@H](OCc2ccc(Cl)cc2)C[C@H]1C(=O)N[C@@H](CCCNC(=N)N)C(=O)C(=O)NCCc1ccccc1. The van der Waals surface area contributed by atoms with Gasteiger partial charge in [-0.25, -0.2) is 13.1 Å². The van der Waals surface area contributed by atoms with Gasteiger partial charge >= 0.3 is 0 Å². The Labute approximate surface area is 322 Å². The summed E-state index contributed by atoms with van der Waals surface area (Å²) in [6.45, 7) is 2.28. The molecule has 2 saturated heterocycles. The first kappa shape index (κ1) is 42.6. The highest BCUT2D eigenvalue weighted by Gasteiger charge is 2.44. The number of carbonyl (C=O) groups excluding carboxylic acids is 4. The van der Waals surface area contributed by atoms with Crippen LogP contribution in [0, 0.1) is 11.3 Å². The van der Waals surface area contributed by atoms with Gasteiger partial charge in [-0.1, -0.05) is 54.1 Å². The Morgan fingerprint density at radius 1 is 0.981 bits per heavy atom. The molecule has 2 aromatic rings. The number of nitrogens with two attached hydrogens (primary N) is 1. The summed E-state index contributed by atoms with van der Waals surface area (Å²) in [7, 11) is -3.81. The molecule has 4 atom stereocenters. The van der Waals surface area contributed by atoms with Crippen LogP contribution in [0.3, 0.4) is 0 Å². The Kier molecular flexibility index (Phi) is 16.7. The molecule has 2 aromatic carbocycles. The van der Waals surface area contributed by atoms with Gasteiger partial charge in [0.25, 0.3) is 5.91 Å². The molecule has 0 aromatic heterocycles.